The number of nitrogens with one attached hydrogen (secondary N) is 1. The summed E-state index contributed by atoms with van der Waals surface area (Å²) in [6.07, 6.45) is 3.73. The molecule has 3 unspecified atom stereocenters. The van der Waals surface area contributed by atoms with Gasteiger partial charge in [-0.2, -0.15) is 0 Å². The minimum Gasteiger partial charge on any atom is -0.311 e. The topological polar surface area (TPSA) is 15.3 Å². The average molecular weight is 309 g/mol. The molecule has 2 nitrogen and oxygen atoms in total. The molecule has 0 aliphatic carbocycles. The number of piperidine rings is 1. The van der Waals surface area contributed by atoms with Crippen LogP contribution < -0.4 is 5.32 Å². The molecule has 2 rings (SSSR count). The van der Waals surface area contributed by atoms with E-state index < -0.39 is 0 Å². The first-order chi connectivity index (χ1) is 10.1. The van der Waals surface area contributed by atoms with Crippen molar-refractivity contribution in [2.24, 2.45) is 5.92 Å². The highest BCUT2D eigenvalue weighted by Crippen LogP contribution is 2.20. The molecule has 1 saturated heterocycles. The van der Waals surface area contributed by atoms with Crippen molar-refractivity contribution in [3.05, 3.63) is 34.9 Å². The summed E-state index contributed by atoms with van der Waals surface area (Å²) in [5.74, 6) is 0.778. The fourth-order valence-corrected chi connectivity index (χ4v) is 3.66. The molecular formula is C18H29ClN2. The lowest BCUT2D eigenvalue weighted by Crippen LogP contribution is -2.47. The Morgan fingerprint density at radius 3 is 2.90 bits per heavy atom. The van der Waals surface area contributed by atoms with E-state index in [0.29, 0.717) is 12.1 Å². The summed E-state index contributed by atoms with van der Waals surface area (Å²) in [5.41, 5.74) is 1.31. The second-order valence-corrected chi connectivity index (χ2v) is 6.92. The predicted molar refractivity (Wildman–Crippen MR) is 92.1 cm³/mol. The van der Waals surface area contributed by atoms with E-state index in [4.69, 9.17) is 11.6 Å². The van der Waals surface area contributed by atoms with Crippen LogP contribution in [0.2, 0.25) is 5.02 Å². The van der Waals surface area contributed by atoms with Crippen molar-refractivity contribution in [3.63, 3.8) is 0 Å². The number of nitrogens with zero attached hydrogens (tertiary/aromatic N) is 1. The van der Waals surface area contributed by atoms with Gasteiger partial charge in [-0.3, -0.25) is 0 Å². The summed E-state index contributed by atoms with van der Waals surface area (Å²) in [4.78, 5) is 2.58. The van der Waals surface area contributed by atoms with E-state index in [0.717, 1.165) is 17.4 Å². The van der Waals surface area contributed by atoms with E-state index >= 15 is 0 Å². The lowest BCUT2D eigenvalue weighted by molar-refractivity contribution is 0.153. The maximum Gasteiger partial charge on any atom is 0.0408 e. The van der Waals surface area contributed by atoms with Gasteiger partial charge in [0.2, 0.25) is 0 Å². The van der Waals surface area contributed by atoms with E-state index in [2.05, 4.69) is 43.1 Å². The van der Waals surface area contributed by atoms with Crippen LogP contribution in [-0.2, 0) is 6.42 Å². The Bertz CT molecular complexity index is 435. The Labute approximate surface area is 134 Å². The number of hydrogen-bond donors (Lipinski definition) is 1. The predicted octanol–water partition coefficient (Wildman–Crippen LogP) is 3.98. The molecule has 0 saturated carbocycles. The fourth-order valence-electron chi connectivity index (χ4n) is 3.45. The van der Waals surface area contributed by atoms with Gasteiger partial charge in [-0.25, -0.2) is 0 Å². The van der Waals surface area contributed by atoms with Crippen molar-refractivity contribution in [1.82, 2.24) is 10.2 Å². The summed E-state index contributed by atoms with van der Waals surface area (Å²) in [6.45, 7) is 10.6. The summed E-state index contributed by atoms with van der Waals surface area (Å²) in [7, 11) is 0. The molecule has 1 N–H and O–H groups in total. The molecule has 1 aliphatic rings. The first kappa shape index (κ1) is 16.8. The molecular weight excluding hydrogens is 280 g/mol. The minimum absolute atomic E-state index is 0.482. The molecule has 21 heavy (non-hydrogen) atoms. The molecule has 0 bridgehead atoms. The summed E-state index contributed by atoms with van der Waals surface area (Å²) in [5, 5.41) is 4.62. The molecule has 0 spiro atoms. The highest BCUT2D eigenvalue weighted by molar-refractivity contribution is 6.30. The average Bonchev–Trinajstić information content (AvgIpc) is 2.47. The van der Waals surface area contributed by atoms with Gasteiger partial charge < -0.3 is 10.2 Å². The van der Waals surface area contributed by atoms with Gasteiger partial charge in [-0.05, 0) is 69.8 Å². The summed E-state index contributed by atoms with van der Waals surface area (Å²) >= 11 is 6.06. The highest BCUT2D eigenvalue weighted by Gasteiger charge is 2.24. The molecule has 1 aromatic rings. The summed E-state index contributed by atoms with van der Waals surface area (Å²) < 4.78 is 0. The van der Waals surface area contributed by atoms with Crippen molar-refractivity contribution in [1.29, 1.82) is 0 Å². The zero-order valence-corrected chi connectivity index (χ0v) is 14.4. The van der Waals surface area contributed by atoms with Gasteiger partial charge in [0.05, 0.1) is 0 Å². The molecule has 1 aromatic carbocycles. The van der Waals surface area contributed by atoms with Crippen LogP contribution in [0.1, 0.15) is 39.2 Å². The van der Waals surface area contributed by atoms with E-state index in [-0.39, 0.29) is 0 Å². The molecule has 0 radical (unpaired) electrons. The van der Waals surface area contributed by atoms with E-state index in [1.165, 1.54) is 38.0 Å². The molecule has 118 valence electrons. The third-order valence-corrected chi connectivity index (χ3v) is 4.91. The first-order valence-electron chi connectivity index (χ1n) is 8.31. The number of likely N-dealkylation sites (tertiary alicyclic amines) is 1. The molecule has 1 fully saturated rings. The van der Waals surface area contributed by atoms with Crippen LogP contribution in [0.5, 0.6) is 0 Å². The molecule has 3 atom stereocenters. The quantitative estimate of drug-likeness (QED) is 0.855. The zero-order chi connectivity index (χ0) is 15.2. The third kappa shape index (κ3) is 5.28. The first-order valence-corrected chi connectivity index (χ1v) is 8.69. The SMILES string of the molecule is CCN1CCCC(C(C)NC(C)Cc2cccc(Cl)c2)C1. The van der Waals surface area contributed by atoms with Gasteiger partial charge in [-0.15, -0.1) is 0 Å². The van der Waals surface area contributed by atoms with Crippen molar-refractivity contribution in [2.45, 2.75) is 52.1 Å². The van der Waals surface area contributed by atoms with E-state index in [1.54, 1.807) is 0 Å². The Balaban J connectivity index is 1.82. The Hall–Kier alpha value is -0.570. The van der Waals surface area contributed by atoms with Crippen LogP contribution in [0.3, 0.4) is 0 Å². The van der Waals surface area contributed by atoms with Crippen LogP contribution in [0.15, 0.2) is 24.3 Å². The standard InChI is InChI=1S/C18H29ClN2/c1-4-21-10-6-8-17(13-21)15(3)20-14(2)11-16-7-5-9-18(19)12-16/h5,7,9,12,14-15,17,20H,4,6,8,10-11,13H2,1-3H3. The highest BCUT2D eigenvalue weighted by atomic mass is 35.5. The number of halogens is 1. The van der Waals surface area contributed by atoms with Crippen LogP contribution in [0.25, 0.3) is 0 Å². The second kappa shape index (κ2) is 8.17. The van der Waals surface area contributed by atoms with Crippen molar-refractivity contribution in [2.75, 3.05) is 19.6 Å². The number of benzene rings is 1. The van der Waals surface area contributed by atoms with Gasteiger partial charge in [-0.1, -0.05) is 30.7 Å². The van der Waals surface area contributed by atoms with Crippen molar-refractivity contribution < 1.29 is 0 Å². The zero-order valence-electron chi connectivity index (χ0n) is 13.6. The lowest BCUT2D eigenvalue weighted by atomic mass is 9.91. The molecule has 1 heterocycles. The molecule has 1 aliphatic heterocycles. The maximum absolute atomic E-state index is 6.06. The Morgan fingerprint density at radius 2 is 2.19 bits per heavy atom. The minimum atomic E-state index is 0.482. The second-order valence-electron chi connectivity index (χ2n) is 6.49. The van der Waals surface area contributed by atoms with Crippen LogP contribution in [0.4, 0.5) is 0 Å². The normalized spacial score (nSPS) is 23.0. The van der Waals surface area contributed by atoms with Crippen LogP contribution in [-0.4, -0.2) is 36.6 Å². The monoisotopic (exact) mass is 308 g/mol. The van der Waals surface area contributed by atoms with Crippen molar-refractivity contribution in [3.8, 4) is 0 Å². The van der Waals surface area contributed by atoms with Gasteiger partial charge in [0, 0.05) is 23.7 Å². The van der Waals surface area contributed by atoms with E-state index in [9.17, 15) is 0 Å². The van der Waals surface area contributed by atoms with Crippen LogP contribution >= 0.6 is 11.6 Å². The third-order valence-electron chi connectivity index (χ3n) is 4.67. The van der Waals surface area contributed by atoms with Crippen LogP contribution in [0, 0.1) is 5.92 Å². The van der Waals surface area contributed by atoms with E-state index in [1.807, 2.05) is 12.1 Å². The number of hydrogen-bond acceptors (Lipinski definition) is 2. The van der Waals surface area contributed by atoms with Gasteiger partial charge in [0.1, 0.15) is 0 Å². The lowest BCUT2D eigenvalue weighted by Gasteiger charge is -2.36. The molecule has 0 aromatic heterocycles. The van der Waals surface area contributed by atoms with Crippen molar-refractivity contribution >= 4 is 11.6 Å². The van der Waals surface area contributed by atoms with Gasteiger partial charge in [0.15, 0.2) is 0 Å². The van der Waals surface area contributed by atoms with Gasteiger partial charge >= 0.3 is 0 Å². The Morgan fingerprint density at radius 1 is 1.38 bits per heavy atom. The fraction of sp³-hybridized carbons (Fsp3) is 0.667. The smallest absolute Gasteiger partial charge is 0.0408 e. The number of rotatable bonds is 6. The molecule has 0 amide bonds. The largest absolute Gasteiger partial charge is 0.311 e. The van der Waals surface area contributed by atoms with Gasteiger partial charge in [0.25, 0.3) is 0 Å². The molecule has 3 heteroatoms. The maximum atomic E-state index is 6.06. The Kier molecular flexibility index (Phi) is 6.53. The summed E-state index contributed by atoms with van der Waals surface area (Å²) in [6, 6.07) is 9.27.